The van der Waals surface area contributed by atoms with E-state index in [1.165, 1.54) is 16.0 Å². The number of hydrogen-bond acceptors (Lipinski definition) is 2. The third kappa shape index (κ3) is 5.50. The molecule has 0 spiro atoms. The Kier molecular flexibility index (Phi) is 6.81. The number of likely N-dealkylation sites (N-methyl/N-ethyl adjacent to an activating group) is 1. The molecule has 0 fully saturated rings. The first kappa shape index (κ1) is 16.6. The van der Waals surface area contributed by atoms with E-state index in [1.54, 1.807) is 0 Å². The molecule has 0 aromatic heterocycles. The van der Waals surface area contributed by atoms with Crippen molar-refractivity contribution in [2.75, 3.05) is 12.8 Å². The summed E-state index contributed by atoms with van der Waals surface area (Å²) in [7, 11) is 2.05. The highest BCUT2D eigenvalue weighted by Gasteiger charge is 2.08. The van der Waals surface area contributed by atoms with Gasteiger partial charge in [-0.3, -0.25) is 0 Å². The number of thioether (sulfide) groups is 1. The number of benzene rings is 2. The van der Waals surface area contributed by atoms with Crippen LogP contribution >= 0.6 is 27.7 Å². The molecule has 2 aromatic carbocycles. The molecule has 0 radical (unpaired) electrons. The first-order valence-electron chi connectivity index (χ1n) is 7.34. The van der Waals surface area contributed by atoms with Crippen molar-refractivity contribution in [1.82, 2.24) is 5.32 Å². The second-order valence-electron chi connectivity index (χ2n) is 5.12. The van der Waals surface area contributed by atoms with Gasteiger partial charge in [0.1, 0.15) is 0 Å². The Morgan fingerprint density at radius 1 is 1.00 bits per heavy atom. The summed E-state index contributed by atoms with van der Waals surface area (Å²) in [6, 6.07) is 18.0. The van der Waals surface area contributed by atoms with Crippen molar-refractivity contribution in [3.8, 4) is 0 Å². The van der Waals surface area contributed by atoms with Crippen LogP contribution in [0.15, 0.2) is 57.9 Å². The predicted octanol–water partition coefficient (Wildman–Crippen LogP) is 4.93. The third-order valence-corrected chi connectivity index (χ3v) is 5.29. The zero-order valence-electron chi connectivity index (χ0n) is 12.6. The Balaban J connectivity index is 1.88. The molecule has 0 amide bonds. The van der Waals surface area contributed by atoms with E-state index in [1.807, 2.05) is 18.8 Å². The largest absolute Gasteiger partial charge is 0.316 e. The van der Waals surface area contributed by atoms with Crippen molar-refractivity contribution in [1.29, 1.82) is 0 Å². The summed E-state index contributed by atoms with van der Waals surface area (Å²) in [5, 5.41) is 3.43. The molecular formula is C18H22BrNS. The van der Waals surface area contributed by atoms with Crippen LogP contribution in [-0.4, -0.2) is 18.8 Å². The summed E-state index contributed by atoms with van der Waals surface area (Å²) in [6.45, 7) is 2.19. The Bertz CT molecular complexity index is 536. The van der Waals surface area contributed by atoms with Gasteiger partial charge in [-0.15, -0.1) is 11.8 Å². The smallest absolute Gasteiger partial charge is 0.0199 e. The molecule has 1 unspecified atom stereocenters. The van der Waals surface area contributed by atoms with Crippen molar-refractivity contribution in [3.63, 3.8) is 0 Å². The number of aryl methyl sites for hydroxylation is 1. The molecule has 112 valence electrons. The average molecular weight is 364 g/mol. The summed E-state index contributed by atoms with van der Waals surface area (Å²) >= 11 is 5.38. The maximum atomic E-state index is 3.47. The van der Waals surface area contributed by atoms with Crippen molar-refractivity contribution < 1.29 is 0 Å². The maximum absolute atomic E-state index is 3.47. The zero-order valence-corrected chi connectivity index (χ0v) is 15.0. The van der Waals surface area contributed by atoms with Gasteiger partial charge in [0.2, 0.25) is 0 Å². The lowest BCUT2D eigenvalue weighted by atomic mass is 10.0. The predicted molar refractivity (Wildman–Crippen MR) is 97.2 cm³/mol. The van der Waals surface area contributed by atoms with Gasteiger partial charge < -0.3 is 5.32 Å². The van der Waals surface area contributed by atoms with E-state index in [9.17, 15) is 0 Å². The third-order valence-electron chi connectivity index (χ3n) is 3.59. The first-order valence-corrected chi connectivity index (χ1v) is 9.12. The summed E-state index contributed by atoms with van der Waals surface area (Å²) in [5.74, 6) is 1.08. The molecule has 0 bridgehead atoms. The molecule has 1 N–H and O–H groups in total. The standard InChI is InChI=1S/C18H22BrNS/c1-3-14-4-6-15(7-5-14)12-17(20-2)13-21-18-10-8-16(19)9-11-18/h4-11,17,20H,3,12-13H2,1-2H3. The SMILES string of the molecule is CCc1ccc(CC(CSc2ccc(Br)cc2)NC)cc1. The Hall–Kier alpha value is -0.770. The van der Waals surface area contributed by atoms with Crippen molar-refractivity contribution >= 4 is 27.7 Å². The van der Waals surface area contributed by atoms with Gasteiger partial charge >= 0.3 is 0 Å². The second kappa shape index (κ2) is 8.62. The van der Waals surface area contributed by atoms with Gasteiger partial charge in [0.15, 0.2) is 0 Å². The fourth-order valence-corrected chi connectivity index (χ4v) is 3.44. The fourth-order valence-electron chi connectivity index (χ4n) is 2.17. The molecule has 0 saturated carbocycles. The minimum absolute atomic E-state index is 0.492. The van der Waals surface area contributed by atoms with Gasteiger partial charge in [-0.25, -0.2) is 0 Å². The summed E-state index contributed by atoms with van der Waals surface area (Å²) in [4.78, 5) is 1.32. The quantitative estimate of drug-likeness (QED) is 0.699. The van der Waals surface area contributed by atoms with Crippen LogP contribution in [0.4, 0.5) is 0 Å². The van der Waals surface area contributed by atoms with Gasteiger partial charge in [0.25, 0.3) is 0 Å². The van der Waals surface area contributed by atoms with Crippen LogP contribution in [0.2, 0.25) is 0 Å². The van der Waals surface area contributed by atoms with Gasteiger partial charge in [0.05, 0.1) is 0 Å². The maximum Gasteiger partial charge on any atom is 0.0199 e. The summed E-state index contributed by atoms with van der Waals surface area (Å²) < 4.78 is 1.13. The molecule has 0 aliphatic heterocycles. The van der Waals surface area contributed by atoms with Crippen molar-refractivity contribution in [3.05, 3.63) is 64.1 Å². The Labute approximate surface area is 140 Å². The van der Waals surface area contributed by atoms with Gasteiger partial charge in [-0.05, 0) is 55.3 Å². The van der Waals surface area contributed by atoms with Crippen molar-refractivity contribution in [2.45, 2.75) is 30.7 Å². The van der Waals surface area contributed by atoms with Gasteiger partial charge in [-0.1, -0.05) is 47.1 Å². The van der Waals surface area contributed by atoms with Gasteiger partial charge in [0, 0.05) is 21.2 Å². The monoisotopic (exact) mass is 363 g/mol. The molecule has 0 saturated heterocycles. The van der Waals surface area contributed by atoms with Crippen LogP contribution in [0.25, 0.3) is 0 Å². The number of halogens is 1. The number of hydrogen-bond donors (Lipinski definition) is 1. The average Bonchev–Trinajstić information content (AvgIpc) is 2.53. The van der Waals surface area contributed by atoms with E-state index in [4.69, 9.17) is 0 Å². The number of nitrogens with one attached hydrogen (secondary N) is 1. The summed E-state index contributed by atoms with van der Waals surface area (Å²) in [5.41, 5.74) is 2.81. The number of rotatable bonds is 7. The molecule has 0 heterocycles. The van der Waals surface area contributed by atoms with E-state index in [0.29, 0.717) is 6.04 Å². The lowest BCUT2D eigenvalue weighted by Crippen LogP contribution is -2.30. The fraction of sp³-hybridized carbons (Fsp3) is 0.333. The van der Waals surface area contributed by atoms with Crippen LogP contribution in [0.3, 0.4) is 0 Å². The molecule has 0 aliphatic carbocycles. The first-order chi connectivity index (χ1) is 10.2. The Morgan fingerprint density at radius 2 is 1.62 bits per heavy atom. The van der Waals surface area contributed by atoms with E-state index >= 15 is 0 Å². The topological polar surface area (TPSA) is 12.0 Å². The summed E-state index contributed by atoms with van der Waals surface area (Å²) in [6.07, 6.45) is 2.18. The lowest BCUT2D eigenvalue weighted by Gasteiger charge is -2.16. The highest BCUT2D eigenvalue weighted by Crippen LogP contribution is 2.22. The highest BCUT2D eigenvalue weighted by molar-refractivity contribution is 9.10. The van der Waals surface area contributed by atoms with Crippen LogP contribution in [-0.2, 0) is 12.8 Å². The Morgan fingerprint density at radius 3 is 2.19 bits per heavy atom. The molecule has 1 nitrogen and oxygen atoms in total. The molecule has 3 heteroatoms. The molecule has 1 atom stereocenters. The van der Waals surface area contributed by atoms with Crippen LogP contribution in [0.5, 0.6) is 0 Å². The zero-order chi connectivity index (χ0) is 15.1. The van der Waals surface area contributed by atoms with Crippen LogP contribution in [0, 0.1) is 0 Å². The van der Waals surface area contributed by atoms with E-state index in [2.05, 4.69) is 76.7 Å². The van der Waals surface area contributed by atoms with Crippen molar-refractivity contribution in [2.24, 2.45) is 0 Å². The highest BCUT2D eigenvalue weighted by atomic mass is 79.9. The van der Waals surface area contributed by atoms with E-state index < -0.39 is 0 Å². The minimum Gasteiger partial charge on any atom is -0.316 e. The van der Waals surface area contributed by atoms with Gasteiger partial charge in [-0.2, -0.15) is 0 Å². The minimum atomic E-state index is 0.492. The molecule has 0 aliphatic rings. The molecule has 2 rings (SSSR count). The van der Waals surface area contributed by atoms with Crippen LogP contribution in [0.1, 0.15) is 18.1 Å². The van der Waals surface area contributed by atoms with E-state index in [-0.39, 0.29) is 0 Å². The normalized spacial score (nSPS) is 12.3. The molecular weight excluding hydrogens is 342 g/mol. The lowest BCUT2D eigenvalue weighted by molar-refractivity contribution is 0.617. The second-order valence-corrected chi connectivity index (χ2v) is 7.13. The molecule has 21 heavy (non-hydrogen) atoms. The van der Waals surface area contributed by atoms with E-state index in [0.717, 1.165) is 23.1 Å². The molecule has 2 aromatic rings. The van der Waals surface area contributed by atoms with Crippen LogP contribution < -0.4 is 5.32 Å².